The molecule has 0 amide bonds. The average Bonchev–Trinajstić information content (AvgIpc) is 2.55. The minimum Gasteiger partial charge on any atom is -0.241 e. The zero-order valence-electron chi connectivity index (χ0n) is 7.83. The van der Waals surface area contributed by atoms with E-state index in [0.717, 1.165) is 11.0 Å². The Kier molecular flexibility index (Phi) is 2.37. The van der Waals surface area contributed by atoms with E-state index in [1.807, 2.05) is 19.9 Å². The van der Waals surface area contributed by atoms with Crippen molar-refractivity contribution in [3.05, 3.63) is 22.2 Å². The van der Waals surface area contributed by atoms with E-state index < -0.39 is 0 Å². The first-order valence-corrected chi connectivity index (χ1v) is 5.05. The summed E-state index contributed by atoms with van der Waals surface area (Å²) in [7, 11) is 0. The van der Waals surface area contributed by atoms with Crippen molar-refractivity contribution in [2.75, 3.05) is 0 Å². The van der Waals surface area contributed by atoms with Crippen LogP contribution >= 0.6 is 23.2 Å². The summed E-state index contributed by atoms with van der Waals surface area (Å²) in [5, 5.41) is 9.08. The molecule has 0 radical (unpaired) electrons. The van der Waals surface area contributed by atoms with Crippen LogP contribution in [0.2, 0.25) is 10.0 Å². The molecule has 0 bridgehead atoms. The molecule has 1 aromatic heterocycles. The van der Waals surface area contributed by atoms with Gasteiger partial charge in [0.05, 0.1) is 10.0 Å². The van der Waals surface area contributed by atoms with Crippen molar-refractivity contribution in [2.24, 2.45) is 0 Å². The largest absolute Gasteiger partial charge is 0.241 e. The summed E-state index contributed by atoms with van der Waals surface area (Å²) in [4.78, 5) is 0. The molecule has 1 aromatic carbocycles. The van der Waals surface area contributed by atoms with Crippen LogP contribution in [0.5, 0.6) is 0 Å². The molecule has 0 saturated carbocycles. The standard InChI is InChI=1S/C9H9Cl2N3/c1-5(2)14-9-7(12-13-14)4-3-6(10)8(9)11/h3-5H,1-2H3. The third-order valence-corrected chi connectivity index (χ3v) is 2.81. The van der Waals surface area contributed by atoms with Crippen LogP contribution in [0.3, 0.4) is 0 Å². The Morgan fingerprint density at radius 2 is 2.00 bits per heavy atom. The van der Waals surface area contributed by atoms with Crippen LogP contribution in [0.4, 0.5) is 0 Å². The molecule has 2 rings (SSSR count). The molecule has 0 aliphatic carbocycles. The van der Waals surface area contributed by atoms with Crippen LogP contribution in [0.15, 0.2) is 12.1 Å². The minimum atomic E-state index is 0.218. The monoisotopic (exact) mass is 229 g/mol. The maximum atomic E-state index is 6.08. The van der Waals surface area contributed by atoms with E-state index >= 15 is 0 Å². The van der Waals surface area contributed by atoms with E-state index in [0.29, 0.717) is 10.0 Å². The fourth-order valence-electron chi connectivity index (χ4n) is 1.33. The summed E-state index contributed by atoms with van der Waals surface area (Å²) in [6.07, 6.45) is 0. The zero-order chi connectivity index (χ0) is 10.3. The van der Waals surface area contributed by atoms with E-state index in [9.17, 15) is 0 Å². The molecule has 0 unspecified atom stereocenters. The van der Waals surface area contributed by atoms with Gasteiger partial charge in [0, 0.05) is 6.04 Å². The van der Waals surface area contributed by atoms with Gasteiger partial charge in [-0.15, -0.1) is 5.10 Å². The van der Waals surface area contributed by atoms with Crippen LogP contribution in [-0.4, -0.2) is 15.0 Å². The molecule has 5 heteroatoms. The lowest BCUT2D eigenvalue weighted by Gasteiger charge is -2.06. The molecule has 0 N–H and O–H groups in total. The van der Waals surface area contributed by atoms with Crippen LogP contribution < -0.4 is 0 Å². The van der Waals surface area contributed by atoms with Gasteiger partial charge in [-0.05, 0) is 26.0 Å². The van der Waals surface area contributed by atoms with Crippen molar-refractivity contribution >= 4 is 34.2 Å². The van der Waals surface area contributed by atoms with Gasteiger partial charge in [0.1, 0.15) is 11.0 Å². The molecule has 0 aliphatic heterocycles. The van der Waals surface area contributed by atoms with Gasteiger partial charge in [0.15, 0.2) is 0 Å². The highest BCUT2D eigenvalue weighted by molar-refractivity contribution is 6.44. The maximum absolute atomic E-state index is 6.08. The fraction of sp³-hybridized carbons (Fsp3) is 0.333. The number of aromatic nitrogens is 3. The maximum Gasteiger partial charge on any atom is 0.114 e. The first-order chi connectivity index (χ1) is 6.61. The number of hydrogen-bond acceptors (Lipinski definition) is 2. The summed E-state index contributed by atoms with van der Waals surface area (Å²) < 4.78 is 1.77. The molecule has 1 heterocycles. The molecule has 0 atom stereocenters. The Morgan fingerprint density at radius 1 is 1.29 bits per heavy atom. The van der Waals surface area contributed by atoms with Crippen molar-refractivity contribution < 1.29 is 0 Å². The second-order valence-corrected chi connectivity index (χ2v) is 4.14. The third-order valence-electron chi connectivity index (χ3n) is 2.01. The van der Waals surface area contributed by atoms with Gasteiger partial charge in [0.25, 0.3) is 0 Å². The third kappa shape index (κ3) is 1.37. The fourth-order valence-corrected chi connectivity index (χ4v) is 1.73. The van der Waals surface area contributed by atoms with Crippen LogP contribution in [0.25, 0.3) is 11.0 Å². The van der Waals surface area contributed by atoms with Gasteiger partial charge < -0.3 is 0 Å². The molecular weight excluding hydrogens is 221 g/mol. The molecule has 0 saturated heterocycles. The van der Waals surface area contributed by atoms with Gasteiger partial charge >= 0.3 is 0 Å². The predicted octanol–water partition coefficient (Wildman–Crippen LogP) is 3.32. The lowest BCUT2D eigenvalue weighted by Crippen LogP contribution is -2.02. The second-order valence-electron chi connectivity index (χ2n) is 3.36. The van der Waals surface area contributed by atoms with E-state index in [1.54, 1.807) is 10.7 Å². The summed E-state index contributed by atoms with van der Waals surface area (Å²) in [5.41, 5.74) is 1.57. The first kappa shape index (κ1) is 9.74. The number of halogens is 2. The van der Waals surface area contributed by atoms with Crippen molar-refractivity contribution in [2.45, 2.75) is 19.9 Å². The Bertz CT molecular complexity index is 476. The Morgan fingerprint density at radius 3 is 2.64 bits per heavy atom. The van der Waals surface area contributed by atoms with Crippen molar-refractivity contribution in [3.63, 3.8) is 0 Å². The average molecular weight is 230 g/mol. The van der Waals surface area contributed by atoms with Crippen LogP contribution in [-0.2, 0) is 0 Å². The SMILES string of the molecule is CC(C)n1nnc2ccc(Cl)c(Cl)c21. The molecule has 74 valence electrons. The smallest absolute Gasteiger partial charge is 0.114 e. The van der Waals surface area contributed by atoms with E-state index in [2.05, 4.69) is 10.3 Å². The van der Waals surface area contributed by atoms with Crippen LogP contribution in [0.1, 0.15) is 19.9 Å². The summed E-state index contributed by atoms with van der Waals surface area (Å²) in [6, 6.07) is 3.76. The van der Waals surface area contributed by atoms with Crippen molar-refractivity contribution in [3.8, 4) is 0 Å². The summed E-state index contributed by atoms with van der Waals surface area (Å²) in [5.74, 6) is 0. The Balaban J connectivity index is 2.82. The van der Waals surface area contributed by atoms with E-state index in [1.165, 1.54) is 0 Å². The normalized spacial score (nSPS) is 11.5. The van der Waals surface area contributed by atoms with Gasteiger partial charge in [0.2, 0.25) is 0 Å². The number of hydrogen-bond donors (Lipinski definition) is 0. The molecule has 2 aromatic rings. The molecule has 3 nitrogen and oxygen atoms in total. The highest BCUT2D eigenvalue weighted by Gasteiger charge is 2.12. The van der Waals surface area contributed by atoms with Crippen molar-refractivity contribution in [1.29, 1.82) is 0 Å². The number of nitrogens with zero attached hydrogens (tertiary/aromatic N) is 3. The van der Waals surface area contributed by atoms with Crippen molar-refractivity contribution in [1.82, 2.24) is 15.0 Å². The molecule has 0 spiro atoms. The summed E-state index contributed by atoms with van der Waals surface area (Å²) in [6.45, 7) is 4.04. The predicted molar refractivity (Wildman–Crippen MR) is 57.9 cm³/mol. The molecule has 0 fully saturated rings. The minimum absolute atomic E-state index is 0.218. The highest BCUT2D eigenvalue weighted by atomic mass is 35.5. The molecule has 0 aliphatic rings. The summed E-state index contributed by atoms with van der Waals surface area (Å²) >= 11 is 12.0. The molecule has 14 heavy (non-hydrogen) atoms. The zero-order valence-corrected chi connectivity index (χ0v) is 9.34. The van der Waals surface area contributed by atoms with Gasteiger partial charge in [-0.25, -0.2) is 4.68 Å². The molecular formula is C9H9Cl2N3. The quantitative estimate of drug-likeness (QED) is 0.752. The number of fused-ring (bicyclic) bond motifs is 1. The van der Waals surface area contributed by atoms with Gasteiger partial charge in [-0.1, -0.05) is 28.4 Å². The van der Waals surface area contributed by atoms with E-state index in [-0.39, 0.29) is 6.04 Å². The Labute approximate surface area is 91.6 Å². The lowest BCUT2D eigenvalue weighted by atomic mass is 10.3. The van der Waals surface area contributed by atoms with Crippen LogP contribution in [0, 0.1) is 0 Å². The number of rotatable bonds is 1. The number of benzene rings is 1. The first-order valence-electron chi connectivity index (χ1n) is 4.30. The van der Waals surface area contributed by atoms with Gasteiger partial charge in [-0.2, -0.15) is 0 Å². The Hall–Kier alpha value is -0.800. The van der Waals surface area contributed by atoms with E-state index in [4.69, 9.17) is 23.2 Å². The van der Waals surface area contributed by atoms with Gasteiger partial charge in [-0.3, -0.25) is 0 Å². The second kappa shape index (κ2) is 3.41. The highest BCUT2D eigenvalue weighted by Crippen LogP contribution is 2.30. The topological polar surface area (TPSA) is 30.7 Å². The lowest BCUT2D eigenvalue weighted by molar-refractivity contribution is 0.530.